The van der Waals surface area contributed by atoms with Crippen LogP contribution in [0.5, 0.6) is 11.5 Å². The molecule has 3 aromatic rings. The molecule has 0 spiro atoms. The van der Waals surface area contributed by atoms with Gasteiger partial charge in [0.1, 0.15) is 6.61 Å². The summed E-state index contributed by atoms with van der Waals surface area (Å²) in [7, 11) is 1.61. The topological polar surface area (TPSA) is 50.8 Å². The lowest BCUT2D eigenvalue weighted by Crippen LogP contribution is -2.33. The highest BCUT2D eigenvalue weighted by atomic mass is 35.5. The number of nitrogens with one attached hydrogen (secondary N) is 1. The van der Waals surface area contributed by atoms with Gasteiger partial charge in [0.25, 0.3) is 0 Å². The first kappa shape index (κ1) is 25.1. The Bertz CT molecular complexity index is 1180. The number of ether oxygens (including phenoxy) is 2. The Morgan fingerprint density at radius 3 is 2.66 bits per heavy atom. The molecule has 1 heterocycles. The van der Waals surface area contributed by atoms with E-state index in [4.69, 9.17) is 32.7 Å². The summed E-state index contributed by atoms with van der Waals surface area (Å²) in [6, 6.07) is 21.4. The highest BCUT2D eigenvalue weighted by Gasteiger charge is 2.25. The number of benzene rings is 3. The first-order chi connectivity index (χ1) is 17.0. The largest absolute Gasteiger partial charge is 0.493 e. The standard InChI is InChI=1S/C28H28Cl2N2O3/c1-34-26-13-11-22(31-28(33)14-10-20-9-12-24(29)25(30)16-20)17-27(26)35-19-23-8-5-15-32(23)18-21-6-3-2-4-7-21/h2-4,6-7,9-14,16-17,23H,5,8,15,18-19H2,1H3,(H,31,33)/t23-/m0/s1. The van der Waals surface area contributed by atoms with Crippen LogP contribution in [0.4, 0.5) is 5.69 Å². The van der Waals surface area contributed by atoms with E-state index in [1.165, 1.54) is 11.6 Å². The van der Waals surface area contributed by atoms with E-state index in [1.54, 1.807) is 49.6 Å². The number of anilines is 1. The van der Waals surface area contributed by atoms with Crippen molar-refractivity contribution in [1.82, 2.24) is 4.90 Å². The normalized spacial score (nSPS) is 15.9. The summed E-state index contributed by atoms with van der Waals surface area (Å²) < 4.78 is 11.7. The van der Waals surface area contributed by atoms with Crippen molar-refractivity contribution >= 4 is 40.9 Å². The van der Waals surface area contributed by atoms with Crippen molar-refractivity contribution in [2.45, 2.75) is 25.4 Å². The van der Waals surface area contributed by atoms with E-state index < -0.39 is 0 Å². The summed E-state index contributed by atoms with van der Waals surface area (Å²) in [4.78, 5) is 14.9. The molecule has 1 aliphatic heterocycles. The molecule has 5 nitrogen and oxygen atoms in total. The number of likely N-dealkylation sites (tertiary alicyclic amines) is 1. The molecule has 1 aliphatic rings. The van der Waals surface area contributed by atoms with Gasteiger partial charge in [-0.25, -0.2) is 0 Å². The minimum absolute atomic E-state index is 0.267. The number of carbonyl (C=O) groups is 1. The quantitative estimate of drug-likeness (QED) is 0.325. The molecule has 0 radical (unpaired) electrons. The van der Waals surface area contributed by atoms with Crippen LogP contribution in [-0.4, -0.2) is 37.1 Å². The minimum Gasteiger partial charge on any atom is -0.493 e. The number of methoxy groups -OCH3 is 1. The van der Waals surface area contributed by atoms with Crippen molar-refractivity contribution in [3.05, 3.63) is 94.0 Å². The molecule has 7 heteroatoms. The maximum absolute atomic E-state index is 12.5. The summed E-state index contributed by atoms with van der Waals surface area (Å²) in [5, 5.41) is 3.78. The van der Waals surface area contributed by atoms with Gasteiger partial charge in [-0.1, -0.05) is 59.6 Å². The molecule has 0 saturated carbocycles. The predicted octanol–water partition coefficient (Wildman–Crippen LogP) is 6.70. The molecular formula is C28H28Cl2N2O3. The Morgan fingerprint density at radius 2 is 1.89 bits per heavy atom. The van der Waals surface area contributed by atoms with Gasteiger partial charge < -0.3 is 14.8 Å². The van der Waals surface area contributed by atoms with Crippen molar-refractivity contribution in [2.75, 3.05) is 25.6 Å². The van der Waals surface area contributed by atoms with Crippen LogP contribution in [0.25, 0.3) is 6.08 Å². The van der Waals surface area contributed by atoms with Crippen molar-refractivity contribution in [3.63, 3.8) is 0 Å². The van der Waals surface area contributed by atoms with E-state index in [0.717, 1.165) is 31.5 Å². The highest BCUT2D eigenvalue weighted by molar-refractivity contribution is 6.42. The SMILES string of the molecule is COc1ccc(NC(=O)C=Cc2ccc(Cl)c(Cl)c2)cc1OC[C@@H]1CCCN1Cc1ccccc1. The molecule has 4 rings (SSSR count). The van der Waals surface area contributed by atoms with E-state index in [2.05, 4.69) is 34.5 Å². The molecule has 1 atom stereocenters. The van der Waals surface area contributed by atoms with E-state index in [-0.39, 0.29) is 5.91 Å². The maximum Gasteiger partial charge on any atom is 0.248 e. The van der Waals surface area contributed by atoms with Crippen LogP contribution in [0.3, 0.4) is 0 Å². The predicted molar refractivity (Wildman–Crippen MR) is 142 cm³/mol. The lowest BCUT2D eigenvalue weighted by molar-refractivity contribution is -0.111. The maximum atomic E-state index is 12.5. The second kappa shape index (κ2) is 12.1. The van der Waals surface area contributed by atoms with E-state index in [0.29, 0.717) is 39.9 Å². The lowest BCUT2D eigenvalue weighted by Gasteiger charge is -2.25. The van der Waals surface area contributed by atoms with Crippen molar-refractivity contribution < 1.29 is 14.3 Å². The Labute approximate surface area is 216 Å². The Morgan fingerprint density at radius 1 is 1.06 bits per heavy atom. The fourth-order valence-electron chi connectivity index (χ4n) is 4.14. The monoisotopic (exact) mass is 510 g/mol. The number of halogens is 2. The average Bonchev–Trinajstić information content (AvgIpc) is 3.31. The van der Waals surface area contributed by atoms with Crippen molar-refractivity contribution in [3.8, 4) is 11.5 Å². The third-order valence-corrected chi connectivity index (χ3v) is 6.70. The smallest absolute Gasteiger partial charge is 0.248 e. The van der Waals surface area contributed by atoms with Crippen LogP contribution >= 0.6 is 23.2 Å². The second-order valence-electron chi connectivity index (χ2n) is 8.42. The third-order valence-electron chi connectivity index (χ3n) is 5.96. The Hall–Kier alpha value is -2.99. The number of carbonyl (C=O) groups excluding carboxylic acids is 1. The third kappa shape index (κ3) is 7.01. The fraction of sp³-hybridized carbons (Fsp3) is 0.250. The number of rotatable bonds is 9. The van der Waals surface area contributed by atoms with Crippen molar-refractivity contribution in [2.24, 2.45) is 0 Å². The van der Waals surface area contributed by atoms with Crippen LogP contribution in [0.2, 0.25) is 10.0 Å². The minimum atomic E-state index is -0.267. The van der Waals surface area contributed by atoms with Gasteiger partial charge >= 0.3 is 0 Å². The fourth-order valence-corrected chi connectivity index (χ4v) is 4.44. The number of amides is 1. The number of hydrogen-bond donors (Lipinski definition) is 1. The summed E-state index contributed by atoms with van der Waals surface area (Å²) in [6.07, 6.45) is 5.37. The van der Waals surface area contributed by atoms with Gasteiger partial charge in [-0.2, -0.15) is 0 Å². The molecule has 3 aromatic carbocycles. The molecule has 1 saturated heterocycles. The van der Waals surface area contributed by atoms with Crippen LogP contribution < -0.4 is 14.8 Å². The van der Waals surface area contributed by atoms with Gasteiger partial charge in [0.2, 0.25) is 5.91 Å². The van der Waals surface area contributed by atoms with Gasteiger partial charge in [0.15, 0.2) is 11.5 Å². The summed E-state index contributed by atoms with van der Waals surface area (Å²) in [5.74, 6) is 0.962. The first-order valence-electron chi connectivity index (χ1n) is 11.5. The zero-order chi connectivity index (χ0) is 24.6. The molecule has 1 N–H and O–H groups in total. The summed E-state index contributed by atoms with van der Waals surface area (Å²) in [5.41, 5.74) is 2.71. The van der Waals surface area contributed by atoms with Crippen LogP contribution in [-0.2, 0) is 11.3 Å². The van der Waals surface area contributed by atoms with Gasteiger partial charge in [-0.3, -0.25) is 9.69 Å². The van der Waals surface area contributed by atoms with E-state index in [9.17, 15) is 4.79 Å². The molecule has 1 fully saturated rings. The Balaban J connectivity index is 1.37. The van der Waals surface area contributed by atoms with Crippen LogP contribution in [0.15, 0.2) is 72.8 Å². The Kier molecular flexibility index (Phi) is 8.69. The van der Waals surface area contributed by atoms with Gasteiger partial charge in [-0.15, -0.1) is 0 Å². The first-order valence-corrected chi connectivity index (χ1v) is 12.3. The van der Waals surface area contributed by atoms with Crippen LogP contribution in [0.1, 0.15) is 24.0 Å². The number of hydrogen-bond acceptors (Lipinski definition) is 4. The van der Waals surface area contributed by atoms with Gasteiger partial charge in [0, 0.05) is 30.4 Å². The average molecular weight is 511 g/mol. The van der Waals surface area contributed by atoms with Gasteiger partial charge in [-0.05, 0) is 60.9 Å². The second-order valence-corrected chi connectivity index (χ2v) is 9.24. The summed E-state index contributed by atoms with van der Waals surface area (Å²) in [6.45, 7) is 2.52. The number of nitrogens with zero attached hydrogens (tertiary/aromatic N) is 1. The van der Waals surface area contributed by atoms with Crippen molar-refractivity contribution in [1.29, 1.82) is 0 Å². The van der Waals surface area contributed by atoms with Gasteiger partial charge in [0.05, 0.1) is 17.2 Å². The molecule has 0 aromatic heterocycles. The zero-order valence-corrected chi connectivity index (χ0v) is 21.1. The zero-order valence-electron chi connectivity index (χ0n) is 19.5. The molecular weight excluding hydrogens is 483 g/mol. The molecule has 35 heavy (non-hydrogen) atoms. The van der Waals surface area contributed by atoms with E-state index in [1.807, 2.05) is 6.07 Å². The highest BCUT2D eigenvalue weighted by Crippen LogP contribution is 2.31. The lowest BCUT2D eigenvalue weighted by atomic mass is 10.2. The van der Waals surface area contributed by atoms with E-state index >= 15 is 0 Å². The molecule has 0 bridgehead atoms. The summed E-state index contributed by atoms with van der Waals surface area (Å²) >= 11 is 12.0. The molecule has 182 valence electrons. The van der Waals surface area contributed by atoms with Crippen LogP contribution in [0, 0.1) is 0 Å². The molecule has 0 aliphatic carbocycles. The molecule has 0 unspecified atom stereocenters. The molecule has 1 amide bonds.